The topological polar surface area (TPSA) is 66.7 Å². The van der Waals surface area contributed by atoms with E-state index in [2.05, 4.69) is 46.5 Å². The maximum atomic E-state index is 5.78. The Labute approximate surface area is 118 Å². The minimum absolute atomic E-state index is 0.245. The number of H-pyrrole nitrogens is 1. The first-order valence-electron chi connectivity index (χ1n) is 6.83. The van der Waals surface area contributed by atoms with Gasteiger partial charge in [-0.1, -0.05) is 37.3 Å². The summed E-state index contributed by atoms with van der Waals surface area (Å²) >= 11 is 0. The number of nitrogens with one attached hydrogen (secondary N) is 2. The van der Waals surface area contributed by atoms with Gasteiger partial charge < -0.3 is 16.0 Å². The molecule has 4 nitrogen and oxygen atoms in total. The van der Waals surface area contributed by atoms with Crippen molar-refractivity contribution in [1.29, 1.82) is 0 Å². The van der Waals surface area contributed by atoms with Crippen LogP contribution in [0, 0.1) is 0 Å². The van der Waals surface area contributed by atoms with Gasteiger partial charge in [0, 0.05) is 5.69 Å². The number of aromatic amines is 1. The van der Waals surface area contributed by atoms with Crippen LogP contribution in [0.15, 0.2) is 48.5 Å². The Hall–Kier alpha value is -2.49. The molecule has 0 saturated carbocycles. The van der Waals surface area contributed by atoms with E-state index in [4.69, 9.17) is 5.73 Å². The zero-order valence-electron chi connectivity index (χ0n) is 11.4. The number of benzene rings is 2. The van der Waals surface area contributed by atoms with E-state index in [0.29, 0.717) is 0 Å². The Balaban J connectivity index is 1.87. The van der Waals surface area contributed by atoms with Crippen molar-refractivity contribution in [1.82, 2.24) is 9.97 Å². The third kappa shape index (κ3) is 2.45. The normalized spacial score (nSPS) is 12.4. The second kappa shape index (κ2) is 5.25. The van der Waals surface area contributed by atoms with Gasteiger partial charge in [0.25, 0.3) is 0 Å². The van der Waals surface area contributed by atoms with E-state index in [9.17, 15) is 0 Å². The molecule has 1 unspecified atom stereocenters. The molecule has 4 heteroatoms. The molecule has 4 N–H and O–H groups in total. The zero-order chi connectivity index (χ0) is 13.9. The Morgan fingerprint density at radius 3 is 2.75 bits per heavy atom. The molecule has 0 saturated heterocycles. The quantitative estimate of drug-likeness (QED) is 0.631. The molecule has 102 valence electrons. The summed E-state index contributed by atoms with van der Waals surface area (Å²) in [6, 6.07) is 16.3. The van der Waals surface area contributed by atoms with Crippen LogP contribution in [-0.4, -0.2) is 9.97 Å². The van der Waals surface area contributed by atoms with Gasteiger partial charge in [-0.25, -0.2) is 4.98 Å². The maximum absolute atomic E-state index is 5.78. The number of fused-ring (bicyclic) bond motifs is 1. The summed E-state index contributed by atoms with van der Waals surface area (Å²) in [5.74, 6) is 0.779. The smallest absolute Gasteiger partial charge is 0.201 e. The van der Waals surface area contributed by atoms with Gasteiger partial charge in [-0.05, 0) is 30.2 Å². The Morgan fingerprint density at radius 1 is 1.20 bits per heavy atom. The molecule has 0 bridgehead atoms. The molecular weight excluding hydrogens is 248 g/mol. The van der Waals surface area contributed by atoms with Crippen molar-refractivity contribution in [2.45, 2.75) is 19.4 Å². The van der Waals surface area contributed by atoms with E-state index < -0.39 is 0 Å². The molecule has 2 aromatic carbocycles. The van der Waals surface area contributed by atoms with Crippen molar-refractivity contribution in [2.75, 3.05) is 11.1 Å². The fourth-order valence-electron chi connectivity index (χ4n) is 2.37. The van der Waals surface area contributed by atoms with E-state index in [-0.39, 0.29) is 6.04 Å². The first-order valence-corrected chi connectivity index (χ1v) is 6.83. The summed E-state index contributed by atoms with van der Waals surface area (Å²) in [4.78, 5) is 7.81. The summed E-state index contributed by atoms with van der Waals surface area (Å²) in [7, 11) is 0. The Kier molecular flexibility index (Phi) is 3.29. The van der Waals surface area contributed by atoms with Crippen LogP contribution >= 0.6 is 0 Å². The standard InChI is InChI=1S/C16H18N4/c1-2-13(11-6-4-3-5-7-11)18-16-19-14-9-8-12(17)10-15(14)20-16/h3-10,13H,2,17H2,1H3,(H2,18,19,20). The van der Waals surface area contributed by atoms with Crippen molar-refractivity contribution in [3.05, 3.63) is 54.1 Å². The highest BCUT2D eigenvalue weighted by molar-refractivity contribution is 5.80. The molecule has 0 aliphatic heterocycles. The molecular formula is C16H18N4. The third-order valence-corrected chi connectivity index (χ3v) is 3.43. The SMILES string of the molecule is CCC(Nc1nc2ccc(N)cc2[nH]1)c1ccccc1. The van der Waals surface area contributed by atoms with Gasteiger partial charge in [0.2, 0.25) is 5.95 Å². The van der Waals surface area contributed by atoms with Crippen molar-refractivity contribution >= 4 is 22.7 Å². The highest BCUT2D eigenvalue weighted by Crippen LogP contribution is 2.23. The van der Waals surface area contributed by atoms with Gasteiger partial charge in [-0.3, -0.25) is 0 Å². The first kappa shape index (κ1) is 12.5. The van der Waals surface area contributed by atoms with E-state index in [1.54, 1.807) is 0 Å². The predicted molar refractivity (Wildman–Crippen MR) is 83.6 cm³/mol. The lowest BCUT2D eigenvalue weighted by Gasteiger charge is -2.16. The summed E-state index contributed by atoms with van der Waals surface area (Å²) in [5, 5.41) is 3.45. The van der Waals surface area contributed by atoms with Crippen molar-refractivity contribution in [3.8, 4) is 0 Å². The molecule has 0 amide bonds. The lowest BCUT2D eigenvalue weighted by Crippen LogP contribution is -2.10. The minimum Gasteiger partial charge on any atom is -0.399 e. The fraction of sp³-hybridized carbons (Fsp3) is 0.188. The number of rotatable bonds is 4. The van der Waals surface area contributed by atoms with E-state index in [1.807, 2.05) is 24.3 Å². The summed E-state index contributed by atoms with van der Waals surface area (Å²) in [6.07, 6.45) is 0.989. The number of hydrogen-bond acceptors (Lipinski definition) is 3. The fourth-order valence-corrected chi connectivity index (χ4v) is 2.37. The minimum atomic E-state index is 0.245. The second-order valence-electron chi connectivity index (χ2n) is 4.88. The lowest BCUT2D eigenvalue weighted by molar-refractivity contribution is 0.741. The average Bonchev–Trinajstić information content (AvgIpc) is 2.87. The van der Waals surface area contributed by atoms with Crippen LogP contribution in [-0.2, 0) is 0 Å². The largest absolute Gasteiger partial charge is 0.399 e. The van der Waals surface area contributed by atoms with Gasteiger partial charge >= 0.3 is 0 Å². The van der Waals surface area contributed by atoms with E-state index in [1.165, 1.54) is 5.56 Å². The number of aromatic nitrogens is 2. The molecule has 0 spiro atoms. The maximum Gasteiger partial charge on any atom is 0.201 e. The highest BCUT2D eigenvalue weighted by Gasteiger charge is 2.11. The van der Waals surface area contributed by atoms with Gasteiger partial charge in [0.1, 0.15) is 0 Å². The molecule has 1 aromatic heterocycles. The van der Waals surface area contributed by atoms with Gasteiger partial charge in [0.05, 0.1) is 17.1 Å². The van der Waals surface area contributed by atoms with Crippen molar-refractivity contribution in [2.24, 2.45) is 0 Å². The zero-order valence-corrected chi connectivity index (χ0v) is 11.4. The Morgan fingerprint density at radius 2 is 2.00 bits per heavy atom. The summed E-state index contributed by atoms with van der Waals surface area (Å²) < 4.78 is 0. The molecule has 0 aliphatic carbocycles. The lowest BCUT2D eigenvalue weighted by atomic mass is 10.1. The number of nitrogen functional groups attached to an aromatic ring is 1. The molecule has 3 rings (SSSR count). The van der Waals surface area contributed by atoms with Crippen LogP contribution in [0.4, 0.5) is 11.6 Å². The van der Waals surface area contributed by atoms with Crippen molar-refractivity contribution in [3.63, 3.8) is 0 Å². The first-order chi connectivity index (χ1) is 9.76. The van der Waals surface area contributed by atoms with Gasteiger partial charge in [-0.2, -0.15) is 0 Å². The number of nitrogens with two attached hydrogens (primary N) is 1. The van der Waals surface area contributed by atoms with Crippen LogP contribution in [0.2, 0.25) is 0 Å². The molecule has 0 aliphatic rings. The summed E-state index contributed by atoms with van der Waals surface area (Å²) in [6.45, 7) is 2.16. The molecule has 1 heterocycles. The summed E-state index contributed by atoms with van der Waals surface area (Å²) in [5.41, 5.74) is 9.66. The second-order valence-corrected chi connectivity index (χ2v) is 4.88. The molecule has 3 aromatic rings. The van der Waals surface area contributed by atoms with Crippen LogP contribution in [0.25, 0.3) is 11.0 Å². The van der Waals surface area contributed by atoms with Gasteiger partial charge in [0.15, 0.2) is 0 Å². The molecule has 0 radical (unpaired) electrons. The van der Waals surface area contributed by atoms with Crippen molar-refractivity contribution < 1.29 is 0 Å². The number of nitrogens with zero attached hydrogens (tertiary/aromatic N) is 1. The molecule has 20 heavy (non-hydrogen) atoms. The van der Waals surface area contributed by atoms with E-state index >= 15 is 0 Å². The molecule has 0 fully saturated rings. The van der Waals surface area contributed by atoms with Crippen LogP contribution < -0.4 is 11.1 Å². The Bertz CT molecular complexity index is 703. The third-order valence-electron chi connectivity index (χ3n) is 3.43. The van der Waals surface area contributed by atoms with Crippen LogP contribution in [0.3, 0.4) is 0 Å². The van der Waals surface area contributed by atoms with Crippen LogP contribution in [0.1, 0.15) is 24.9 Å². The number of imidazole rings is 1. The number of hydrogen-bond donors (Lipinski definition) is 3. The van der Waals surface area contributed by atoms with Crippen LogP contribution in [0.5, 0.6) is 0 Å². The molecule has 1 atom stereocenters. The monoisotopic (exact) mass is 266 g/mol. The average molecular weight is 266 g/mol. The van der Waals surface area contributed by atoms with E-state index in [0.717, 1.165) is 29.1 Å². The predicted octanol–water partition coefficient (Wildman–Crippen LogP) is 3.71. The highest BCUT2D eigenvalue weighted by atomic mass is 15.1. The van der Waals surface area contributed by atoms with Gasteiger partial charge in [-0.15, -0.1) is 0 Å². The number of anilines is 2.